The minimum absolute atomic E-state index is 0.241. The molecule has 148 valence electrons. The lowest BCUT2D eigenvalue weighted by Crippen LogP contribution is -2.00. The Morgan fingerprint density at radius 2 is 1.47 bits per heavy atom. The second-order valence-corrected chi connectivity index (χ2v) is 7.30. The van der Waals surface area contributed by atoms with Crippen LogP contribution in [-0.4, -0.2) is 11.1 Å². The second-order valence-electron chi connectivity index (χ2n) is 6.87. The van der Waals surface area contributed by atoms with Crippen LogP contribution in [-0.2, 0) is 6.61 Å². The van der Waals surface area contributed by atoms with Gasteiger partial charge in [-0.15, -0.1) is 0 Å². The van der Waals surface area contributed by atoms with E-state index in [9.17, 15) is 9.90 Å². The van der Waals surface area contributed by atoms with Gasteiger partial charge in [0.2, 0.25) is 0 Å². The van der Waals surface area contributed by atoms with Gasteiger partial charge in [0.05, 0.1) is 5.56 Å². The monoisotopic (exact) mass is 414 g/mol. The molecule has 0 aromatic heterocycles. The second kappa shape index (κ2) is 8.85. The van der Waals surface area contributed by atoms with Crippen molar-refractivity contribution in [2.24, 2.45) is 0 Å². The van der Waals surface area contributed by atoms with E-state index in [4.69, 9.17) is 16.3 Å². The molecule has 0 bridgehead atoms. The smallest absolute Gasteiger partial charge is 0.335 e. The number of halogens is 1. The maximum absolute atomic E-state index is 11.3. The first kappa shape index (κ1) is 19.7. The van der Waals surface area contributed by atoms with Gasteiger partial charge in [0.1, 0.15) is 12.4 Å². The topological polar surface area (TPSA) is 46.5 Å². The third kappa shape index (κ3) is 4.53. The summed E-state index contributed by atoms with van der Waals surface area (Å²) >= 11 is 6.21. The van der Waals surface area contributed by atoms with Crippen LogP contribution in [0.1, 0.15) is 15.9 Å². The first-order valence-corrected chi connectivity index (χ1v) is 9.88. The number of carboxylic acids is 1. The maximum Gasteiger partial charge on any atom is 0.335 e. The maximum atomic E-state index is 11.3. The highest BCUT2D eigenvalue weighted by Crippen LogP contribution is 2.29. The Hall–Kier alpha value is -3.56. The van der Waals surface area contributed by atoms with Gasteiger partial charge in [0.25, 0.3) is 0 Å². The first-order chi connectivity index (χ1) is 14.6. The third-order valence-corrected chi connectivity index (χ3v) is 5.08. The molecule has 0 unspecified atom stereocenters. The zero-order valence-corrected chi connectivity index (χ0v) is 16.8. The predicted octanol–water partition coefficient (Wildman–Crippen LogP) is 6.95. The normalized spacial score (nSPS) is 10.6. The van der Waals surface area contributed by atoms with Crippen molar-refractivity contribution in [1.29, 1.82) is 0 Å². The average Bonchev–Trinajstić information content (AvgIpc) is 2.79. The molecule has 0 aliphatic heterocycles. The van der Waals surface area contributed by atoms with Gasteiger partial charge in [0.15, 0.2) is 0 Å². The fourth-order valence-corrected chi connectivity index (χ4v) is 3.51. The summed E-state index contributed by atoms with van der Waals surface area (Å²) in [5.41, 5.74) is 5.10. The van der Waals surface area contributed by atoms with Gasteiger partial charge in [-0.2, -0.15) is 0 Å². The number of carbonyl (C=O) groups is 1. The van der Waals surface area contributed by atoms with Gasteiger partial charge in [-0.05, 0) is 64.2 Å². The lowest BCUT2D eigenvalue weighted by atomic mass is 9.98. The van der Waals surface area contributed by atoms with Gasteiger partial charge in [0, 0.05) is 5.02 Å². The Morgan fingerprint density at radius 3 is 2.20 bits per heavy atom. The summed E-state index contributed by atoms with van der Waals surface area (Å²) in [6.45, 7) is 0.317. The van der Waals surface area contributed by atoms with Crippen LogP contribution < -0.4 is 4.74 Å². The number of ether oxygens (including phenoxy) is 1. The molecule has 3 nitrogen and oxygen atoms in total. The highest BCUT2D eigenvalue weighted by molar-refractivity contribution is 6.30. The van der Waals surface area contributed by atoms with Gasteiger partial charge in [-0.25, -0.2) is 4.79 Å². The summed E-state index contributed by atoms with van der Waals surface area (Å²) in [6.07, 6.45) is 0. The summed E-state index contributed by atoms with van der Waals surface area (Å²) < 4.78 is 6.00. The van der Waals surface area contributed by atoms with E-state index in [0.717, 1.165) is 33.6 Å². The van der Waals surface area contributed by atoms with Crippen LogP contribution in [0, 0.1) is 0 Å². The van der Waals surface area contributed by atoms with E-state index in [1.54, 1.807) is 24.3 Å². The largest absolute Gasteiger partial charge is 0.489 e. The molecule has 0 atom stereocenters. The van der Waals surface area contributed by atoms with Crippen molar-refractivity contribution < 1.29 is 14.6 Å². The van der Waals surface area contributed by atoms with Gasteiger partial charge in [-0.1, -0.05) is 72.3 Å². The van der Waals surface area contributed by atoms with E-state index >= 15 is 0 Å². The van der Waals surface area contributed by atoms with Crippen LogP contribution in [0.5, 0.6) is 5.75 Å². The predicted molar refractivity (Wildman–Crippen MR) is 120 cm³/mol. The van der Waals surface area contributed by atoms with Crippen molar-refractivity contribution in [2.45, 2.75) is 6.61 Å². The summed E-state index contributed by atoms with van der Waals surface area (Å²) in [6, 6.07) is 30.5. The molecule has 0 aliphatic rings. The number of rotatable bonds is 6. The lowest BCUT2D eigenvalue weighted by molar-refractivity contribution is 0.0697. The van der Waals surface area contributed by atoms with Gasteiger partial charge in [-0.3, -0.25) is 0 Å². The quantitative estimate of drug-likeness (QED) is 0.371. The number of hydrogen-bond acceptors (Lipinski definition) is 2. The van der Waals surface area contributed by atoms with Crippen LogP contribution in [0.15, 0.2) is 97.1 Å². The van der Waals surface area contributed by atoms with E-state index in [-0.39, 0.29) is 5.56 Å². The van der Waals surface area contributed by atoms with Crippen molar-refractivity contribution in [1.82, 2.24) is 0 Å². The fourth-order valence-electron chi connectivity index (χ4n) is 3.32. The Bertz CT molecular complexity index is 1170. The molecule has 4 aromatic rings. The molecule has 4 aromatic carbocycles. The number of aromatic carboxylic acids is 1. The Labute approximate surface area is 180 Å². The van der Waals surface area contributed by atoms with E-state index in [1.165, 1.54) is 0 Å². The molecule has 0 saturated heterocycles. The highest BCUT2D eigenvalue weighted by Gasteiger charge is 2.10. The van der Waals surface area contributed by atoms with E-state index in [0.29, 0.717) is 11.6 Å². The molecule has 0 saturated carbocycles. The first-order valence-electron chi connectivity index (χ1n) is 9.50. The summed E-state index contributed by atoms with van der Waals surface area (Å²) in [7, 11) is 0. The van der Waals surface area contributed by atoms with Crippen LogP contribution >= 0.6 is 11.6 Å². The standard InChI is InChI=1S/C26H19ClO3/c27-23-11-14-25(20-7-4-8-21(15-20)26(28)29)22(16-23)17-30-24-12-9-19(10-13-24)18-5-2-1-3-6-18/h1-16H,17H2,(H,28,29). The summed E-state index contributed by atoms with van der Waals surface area (Å²) in [5.74, 6) is -0.206. The molecule has 0 amide bonds. The Morgan fingerprint density at radius 1 is 0.767 bits per heavy atom. The van der Waals surface area contributed by atoms with Crippen molar-refractivity contribution in [3.8, 4) is 28.0 Å². The molecule has 4 heteroatoms. The molecular weight excluding hydrogens is 396 g/mol. The zero-order chi connectivity index (χ0) is 20.9. The number of benzene rings is 4. The minimum atomic E-state index is -0.956. The fraction of sp³-hybridized carbons (Fsp3) is 0.0385. The number of hydrogen-bond donors (Lipinski definition) is 1. The van der Waals surface area contributed by atoms with Crippen LogP contribution in [0.4, 0.5) is 0 Å². The van der Waals surface area contributed by atoms with Crippen molar-refractivity contribution >= 4 is 17.6 Å². The lowest BCUT2D eigenvalue weighted by Gasteiger charge is -2.13. The molecular formula is C26H19ClO3. The van der Waals surface area contributed by atoms with E-state index in [1.807, 2.05) is 60.7 Å². The molecule has 0 spiro atoms. The van der Waals surface area contributed by atoms with Crippen molar-refractivity contribution in [2.75, 3.05) is 0 Å². The SMILES string of the molecule is O=C(O)c1cccc(-c2ccc(Cl)cc2COc2ccc(-c3ccccc3)cc2)c1. The van der Waals surface area contributed by atoms with Crippen molar-refractivity contribution in [3.63, 3.8) is 0 Å². The molecule has 1 N–H and O–H groups in total. The third-order valence-electron chi connectivity index (χ3n) is 4.84. The van der Waals surface area contributed by atoms with Crippen LogP contribution in [0.25, 0.3) is 22.3 Å². The Balaban J connectivity index is 1.56. The van der Waals surface area contributed by atoms with E-state index in [2.05, 4.69) is 12.1 Å². The molecule has 0 aliphatic carbocycles. The molecule has 0 heterocycles. The highest BCUT2D eigenvalue weighted by atomic mass is 35.5. The molecule has 30 heavy (non-hydrogen) atoms. The summed E-state index contributed by atoms with van der Waals surface area (Å²) in [4.78, 5) is 11.3. The molecule has 0 radical (unpaired) electrons. The van der Waals surface area contributed by atoms with Crippen molar-refractivity contribution in [3.05, 3.63) is 113 Å². The van der Waals surface area contributed by atoms with E-state index < -0.39 is 5.97 Å². The minimum Gasteiger partial charge on any atom is -0.489 e. The van der Waals surface area contributed by atoms with Crippen LogP contribution in [0.2, 0.25) is 5.02 Å². The summed E-state index contributed by atoms with van der Waals surface area (Å²) in [5, 5.41) is 9.88. The number of carboxylic acid groups (broad SMARTS) is 1. The zero-order valence-electron chi connectivity index (χ0n) is 16.1. The molecule has 4 rings (SSSR count). The van der Waals surface area contributed by atoms with Gasteiger partial charge >= 0.3 is 5.97 Å². The van der Waals surface area contributed by atoms with Crippen LogP contribution in [0.3, 0.4) is 0 Å². The molecule has 0 fully saturated rings. The average molecular weight is 415 g/mol. The van der Waals surface area contributed by atoms with Gasteiger partial charge < -0.3 is 9.84 Å². The Kier molecular flexibility index (Phi) is 5.82.